The molecular weight excluding hydrogens is 162 g/mol. The van der Waals surface area contributed by atoms with Gasteiger partial charge in [0.2, 0.25) is 0 Å². The first-order chi connectivity index (χ1) is 5.54. The molecule has 0 aliphatic carbocycles. The van der Waals surface area contributed by atoms with Crippen LogP contribution in [0.4, 0.5) is 5.69 Å². The molecule has 0 fully saturated rings. The summed E-state index contributed by atoms with van der Waals surface area (Å²) in [6, 6.07) is 2.33. The molecular formula is C7H7NO4. The molecule has 0 aliphatic heterocycles. The highest BCUT2D eigenvalue weighted by molar-refractivity contribution is 5.95. The second kappa shape index (κ2) is 2.61. The first kappa shape index (κ1) is 8.19. The maximum Gasteiger partial charge on any atom is 0.343 e. The Kier molecular flexibility index (Phi) is 1.78. The van der Waals surface area contributed by atoms with Gasteiger partial charge in [-0.3, -0.25) is 0 Å². The number of hydrogen-bond donors (Lipinski definition) is 4. The van der Waals surface area contributed by atoms with Crippen LogP contribution in [0.2, 0.25) is 0 Å². The fourth-order valence-electron chi connectivity index (χ4n) is 0.807. The second-order valence-corrected chi connectivity index (χ2v) is 2.20. The van der Waals surface area contributed by atoms with Gasteiger partial charge in [-0.15, -0.1) is 0 Å². The molecule has 1 rings (SSSR count). The van der Waals surface area contributed by atoms with Gasteiger partial charge in [-0.2, -0.15) is 0 Å². The minimum atomic E-state index is -1.42. The molecule has 0 atom stereocenters. The van der Waals surface area contributed by atoms with Crippen molar-refractivity contribution in [2.45, 2.75) is 0 Å². The van der Waals surface area contributed by atoms with Crippen molar-refractivity contribution < 1.29 is 20.1 Å². The number of nitrogen functional groups attached to an aromatic ring is 1. The zero-order valence-corrected chi connectivity index (χ0v) is 5.98. The van der Waals surface area contributed by atoms with Gasteiger partial charge in [0.15, 0.2) is 5.75 Å². The quantitative estimate of drug-likeness (QED) is 0.276. The van der Waals surface area contributed by atoms with Gasteiger partial charge in [0, 0.05) is 0 Å². The van der Waals surface area contributed by atoms with Gasteiger partial charge in [-0.1, -0.05) is 0 Å². The molecule has 0 aliphatic rings. The van der Waals surface area contributed by atoms with E-state index in [1.54, 1.807) is 0 Å². The van der Waals surface area contributed by atoms with Crippen LogP contribution in [0.1, 0.15) is 10.4 Å². The van der Waals surface area contributed by atoms with Gasteiger partial charge in [-0.05, 0) is 12.1 Å². The van der Waals surface area contributed by atoms with Crippen molar-refractivity contribution in [3.63, 3.8) is 0 Å². The van der Waals surface area contributed by atoms with Gasteiger partial charge < -0.3 is 21.1 Å². The van der Waals surface area contributed by atoms with E-state index < -0.39 is 23.0 Å². The molecule has 5 nitrogen and oxygen atoms in total. The van der Waals surface area contributed by atoms with Crippen LogP contribution in [0.25, 0.3) is 0 Å². The highest BCUT2D eigenvalue weighted by Gasteiger charge is 2.16. The first-order valence-corrected chi connectivity index (χ1v) is 3.07. The molecule has 0 aromatic heterocycles. The Bertz CT molecular complexity index is 334. The maximum absolute atomic E-state index is 10.4. The molecule has 0 spiro atoms. The predicted molar refractivity (Wildman–Crippen MR) is 41.1 cm³/mol. The number of carboxylic acid groups (broad SMARTS) is 1. The Labute approximate surface area is 67.7 Å². The van der Waals surface area contributed by atoms with E-state index in [9.17, 15) is 4.79 Å². The van der Waals surface area contributed by atoms with Gasteiger partial charge in [-0.25, -0.2) is 4.79 Å². The summed E-state index contributed by atoms with van der Waals surface area (Å²) in [5.41, 5.74) is 4.55. The van der Waals surface area contributed by atoms with Crippen LogP contribution >= 0.6 is 0 Å². The topological polar surface area (TPSA) is 104 Å². The molecule has 1 aromatic carbocycles. The molecule has 0 saturated heterocycles. The highest BCUT2D eigenvalue weighted by Crippen LogP contribution is 2.31. The summed E-state index contributed by atoms with van der Waals surface area (Å²) in [6.07, 6.45) is 0. The largest absolute Gasteiger partial charge is 0.507 e. The Morgan fingerprint density at radius 2 is 1.92 bits per heavy atom. The molecule has 0 bridgehead atoms. The zero-order chi connectivity index (χ0) is 9.30. The summed E-state index contributed by atoms with van der Waals surface area (Å²) in [6.45, 7) is 0. The van der Waals surface area contributed by atoms with Crippen LogP contribution in [0.5, 0.6) is 11.5 Å². The van der Waals surface area contributed by atoms with E-state index in [0.717, 1.165) is 6.07 Å². The van der Waals surface area contributed by atoms with Crippen LogP contribution in [0, 0.1) is 0 Å². The molecule has 5 N–H and O–H groups in total. The molecule has 1 aromatic rings. The smallest absolute Gasteiger partial charge is 0.343 e. The Hall–Kier alpha value is -1.91. The number of carboxylic acids is 1. The number of anilines is 1. The van der Waals surface area contributed by atoms with E-state index in [2.05, 4.69) is 0 Å². The van der Waals surface area contributed by atoms with Gasteiger partial charge in [0.25, 0.3) is 0 Å². The minimum absolute atomic E-state index is 0.0785. The number of benzene rings is 1. The summed E-state index contributed by atoms with van der Waals surface area (Å²) in [5.74, 6) is -2.53. The molecule has 0 unspecified atom stereocenters. The average Bonchev–Trinajstić information content (AvgIpc) is 1.97. The van der Waals surface area contributed by atoms with Crippen molar-refractivity contribution in [3.8, 4) is 11.5 Å². The summed E-state index contributed by atoms with van der Waals surface area (Å²) < 4.78 is 0. The van der Waals surface area contributed by atoms with Crippen molar-refractivity contribution in [1.82, 2.24) is 0 Å². The minimum Gasteiger partial charge on any atom is -0.507 e. The fourth-order valence-corrected chi connectivity index (χ4v) is 0.807. The van der Waals surface area contributed by atoms with Crippen LogP contribution in [-0.2, 0) is 0 Å². The summed E-state index contributed by atoms with van der Waals surface area (Å²) in [7, 11) is 0. The summed E-state index contributed by atoms with van der Waals surface area (Å²) >= 11 is 0. The molecule has 0 heterocycles. The van der Waals surface area contributed by atoms with Gasteiger partial charge in [0.1, 0.15) is 11.3 Å². The number of phenols is 2. The van der Waals surface area contributed by atoms with E-state index in [1.165, 1.54) is 6.07 Å². The number of carbonyl (C=O) groups is 1. The van der Waals surface area contributed by atoms with Crippen LogP contribution in [-0.4, -0.2) is 21.3 Å². The van der Waals surface area contributed by atoms with E-state index >= 15 is 0 Å². The Morgan fingerprint density at radius 3 is 2.33 bits per heavy atom. The molecule has 12 heavy (non-hydrogen) atoms. The zero-order valence-electron chi connectivity index (χ0n) is 5.98. The Morgan fingerprint density at radius 1 is 1.33 bits per heavy atom. The van der Waals surface area contributed by atoms with Gasteiger partial charge >= 0.3 is 5.97 Å². The average molecular weight is 169 g/mol. The van der Waals surface area contributed by atoms with Crippen molar-refractivity contribution in [1.29, 1.82) is 0 Å². The first-order valence-electron chi connectivity index (χ1n) is 3.07. The van der Waals surface area contributed by atoms with Crippen molar-refractivity contribution >= 4 is 11.7 Å². The summed E-state index contributed by atoms with van der Waals surface area (Å²) in [5, 5.41) is 26.6. The lowest BCUT2D eigenvalue weighted by molar-refractivity contribution is 0.0690. The lowest BCUT2D eigenvalue weighted by Gasteiger charge is -2.03. The van der Waals surface area contributed by atoms with E-state index in [1.807, 2.05) is 0 Å². The number of hydrogen-bond acceptors (Lipinski definition) is 4. The van der Waals surface area contributed by atoms with Crippen LogP contribution in [0.3, 0.4) is 0 Å². The van der Waals surface area contributed by atoms with Crippen molar-refractivity contribution in [3.05, 3.63) is 17.7 Å². The monoisotopic (exact) mass is 169 g/mol. The van der Waals surface area contributed by atoms with Crippen LogP contribution < -0.4 is 5.73 Å². The third-order valence-corrected chi connectivity index (χ3v) is 1.40. The van der Waals surface area contributed by atoms with E-state index in [4.69, 9.17) is 21.1 Å². The SMILES string of the molecule is Nc1ccc(O)c(C(=O)O)c1O. The lowest BCUT2D eigenvalue weighted by Crippen LogP contribution is -1.99. The number of nitrogens with two attached hydrogens (primary N) is 1. The lowest BCUT2D eigenvalue weighted by atomic mass is 10.1. The molecule has 0 saturated carbocycles. The number of aromatic carboxylic acids is 1. The molecule has 64 valence electrons. The molecule has 5 heteroatoms. The van der Waals surface area contributed by atoms with Crippen molar-refractivity contribution in [2.75, 3.05) is 5.73 Å². The van der Waals surface area contributed by atoms with Gasteiger partial charge in [0.05, 0.1) is 5.69 Å². The molecule has 0 amide bonds. The van der Waals surface area contributed by atoms with E-state index in [0.29, 0.717) is 0 Å². The number of aromatic hydroxyl groups is 2. The Balaban J connectivity index is 3.43. The highest BCUT2D eigenvalue weighted by atomic mass is 16.4. The molecule has 0 radical (unpaired) electrons. The second-order valence-electron chi connectivity index (χ2n) is 2.20. The normalized spacial score (nSPS) is 9.67. The third kappa shape index (κ3) is 1.12. The van der Waals surface area contributed by atoms with E-state index in [-0.39, 0.29) is 5.69 Å². The maximum atomic E-state index is 10.4. The van der Waals surface area contributed by atoms with Crippen LogP contribution in [0.15, 0.2) is 12.1 Å². The fraction of sp³-hybridized carbons (Fsp3) is 0. The predicted octanol–water partition coefficient (Wildman–Crippen LogP) is 0.378. The summed E-state index contributed by atoms with van der Waals surface area (Å²) in [4.78, 5) is 10.4. The standard InChI is InChI=1S/C7H7NO4/c8-3-1-2-4(9)5(6(3)10)7(11)12/h1-2,9-10H,8H2,(H,11,12). The number of rotatable bonds is 1. The third-order valence-electron chi connectivity index (χ3n) is 1.40. The van der Waals surface area contributed by atoms with Crippen molar-refractivity contribution in [2.24, 2.45) is 0 Å².